The van der Waals surface area contributed by atoms with Gasteiger partial charge in [0, 0.05) is 0 Å². The standard InChI is InChI=1S/C18H29NO6/c1-7-8-13(15(20)21)11-12(2)9-10-14(16(22)24-6)19-17(23)25-18(3,4)5/h8,11,14H,7,9-10H2,1-6H3,(H,19,23)(H,20,21)/b12-11-,13-8+/t14-/m0/s1. The van der Waals surface area contributed by atoms with E-state index in [1.165, 1.54) is 7.11 Å². The average molecular weight is 355 g/mol. The Balaban J connectivity index is 4.94. The van der Waals surface area contributed by atoms with Gasteiger partial charge in [-0.3, -0.25) is 0 Å². The molecule has 0 aliphatic heterocycles. The molecular weight excluding hydrogens is 326 g/mol. The third-order valence-electron chi connectivity index (χ3n) is 3.08. The number of alkyl carbamates (subject to hydrolysis) is 1. The molecule has 0 unspecified atom stereocenters. The molecule has 0 radical (unpaired) electrons. The number of carbonyl (C=O) groups excluding carboxylic acids is 2. The molecular formula is C18H29NO6. The summed E-state index contributed by atoms with van der Waals surface area (Å²) in [6, 6.07) is -0.869. The van der Waals surface area contributed by atoms with E-state index in [1.807, 2.05) is 6.92 Å². The SMILES string of the molecule is CC/C=C(\C=C(\C)CC[C@H](NC(=O)OC(C)(C)C)C(=O)OC)C(=O)O. The number of ether oxygens (including phenoxy) is 2. The maximum absolute atomic E-state index is 11.8. The fraction of sp³-hybridized carbons (Fsp3) is 0.611. The second kappa shape index (κ2) is 10.5. The first-order chi connectivity index (χ1) is 11.5. The van der Waals surface area contributed by atoms with Gasteiger partial charge in [0.15, 0.2) is 0 Å². The maximum atomic E-state index is 11.8. The summed E-state index contributed by atoms with van der Waals surface area (Å²) in [4.78, 5) is 34.8. The molecule has 142 valence electrons. The van der Waals surface area contributed by atoms with Crippen LogP contribution in [0, 0.1) is 0 Å². The van der Waals surface area contributed by atoms with Crippen molar-refractivity contribution in [2.45, 2.75) is 65.5 Å². The van der Waals surface area contributed by atoms with Crippen LogP contribution in [-0.2, 0) is 19.1 Å². The number of hydrogen-bond acceptors (Lipinski definition) is 5. The van der Waals surface area contributed by atoms with Gasteiger partial charge in [0.1, 0.15) is 11.6 Å². The first-order valence-corrected chi connectivity index (χ1v) is 8.18. The predicted molar refractivity (Wildman–Crippen MR) is 94.2 cm³/mol. The zero-order valence-corrected chi connectivity index (χ0v) is 15.8. The molecule has 0 bridgehead atoms. The van der Waals surface area contributed by atoms with Crippen LogP contribution in [0.3, 0.4) is 0 Å². The lowest BCUT2D eigenvalue weighted by molar-refractivity contribution is -0.143. The van der Waals surface area contributed by atoms with Crippen molar-refractivity contribution in [3.63, 3.8) is 0 Å². The average Bonchev–Trinajstić information content (AvgIpc) is 2.48. The fourth-order valence-corrected chi connectivity index (χ4v) is 1.98. The van der Waals surface area contributed by atoms with E-state index < -0.39 is 29.7 Å². The molecule has 0 saturated heterocycles. The second-order valence-corrected chi connectivity index (χ2v) is 6.62. The van der Waals surface area contributed by atoms with Crippen LogP contribution in [0.1, 0.15) is 53.9 Å². The highest BCUT2D eigenvalue weighted by Gasteiger charge is 2.24. The Morgan fingerprint density at radius 2 is 1.84 bits per heavy atom. The summed E-state index contributed by atoms with van der Waals surface area (Å²) in [5.41, 5.74) is 0.304. The Kier molecular flexibility index (Phi) is 9.56. The molecule has 0 aliphatic rings. The van der Waals surface area contributed by atoms with E-state index in [1.54, 1.807) is 39.8 Å². The highest BCUT2D eigenvalue weighted by Crippen LogP contribution is 2.13. The van der Waals surface area contributed by atoms with Crippen molar-refractivity contribution in [2.24, 2.45) is 0 Å². The molecule has 0 aromatic rings. The maximum Gasteiger partial charge on any atom is 0.408 e. The summed E-state index contributed by atoms with van der Waals surface area (Å²) in [6.45, 7) is 8.79. The number of esters is 1. The van der Waals surface area contributed by atoms with E-state index in [-0.39, 0.29) is 12.0 Å². The van der Waals surface area contributed by atoms with E-state index in [0.717, 1.165) is 5.57 Å². The number of carboxylic acids is 1. The smallest absolute Gasteiger partial charge is 0.408 e. The first-order valence-electron chi connectivity index (χ1n) is 8.18. The number of aliphatic carboxylic acids is 1. The number of methoxy groups -OCH3 is 1. The molecule has 0 spiro atoms. The van der Waals surface area contributed by atoms with Crippen LogP contribution >= 0.6 is 0 Å². The molecule has 0 saturated carbocycles. The molecule has 25 heavy (non-hydrogen) atoms. The van der Waals surface area contributed by atoms with E-state index in [0.29, 0.717) is 12.8 Å². The third-order valence-corrected chi connectivity index (χ3v) is 3.08. The van der Waals surface area contributed by atoms with Crippen molar-refractivity contribution < 1.29 is 29.0 Å². The topological polar surface area (TPSA) is 102 Å². The minimum atomic E-state index is -1.00. The molecule has 7 heteroatoms. The summed E-state index contributed by atoms with van der Waals surface area (Å²) in [5, 5.41) is 11.6. The van der Waals surface area contributed by atoms with Crippen LogP contribution in [0.4, 0.5) is 4.79 Å². The lowest BCUT2D eigenvalue weighted by Crippen LogP contribution is -2.44. The first kappa shape index (κ1) is 22.7. The van der Waals surface area contributed by atoms with Gasteiger partial charge in [-0.25, -0.2) is 14.4 Å². The van der Waals surface area contributed by atoms with Crippen molar-refractivity contribution in [1.82, 2.24) is 5.32 Å². The van der Waals surface area contributed by atoms with Gasteiger partial charge in [-0.15, -0.1) is 0 Å². The Hall–Kier alpha value is -2.31. The second-order valence-electron chi connectivity index (χ2n) is 6.62. The summed E-state index contributed by atoms with van der Waals surface area (Å²) in [6.07, 6.45) is 3.77. The quantitative estimate of drug-likeness (QED) is 0.394. The number of rotatable bonds is 8. The minimum absolute atomic E-state index is 0.203. The van der Waals surface area contributed by atoms with E-state index >= 15 is 0 Å². The van der Waals surface area contributed by atoms with Gasteiger partial charge in [-0.1, -0.05) is 18.6 Å². The van der Waals surface area contributed by atoms with Crippen LogP contribution in [0.25, 0.3) is 0 Å². The van der Waals surface area contributed by atoms with Crippen LogP contribution in [0.5, 0.6) is 0 Å². The molecule has 2 N–H and O–H groups in total. The predicted octanol–water partition coefficient (Wildman–Crippen LogP) is 3.20. The van der Waals surface area contributed by atoms with Crippen molar-refractivity contribution in [3.05, 3.63) is 23.3 Å². The molecule has 0 rings (SSSR count). The summed E-state index contributed by atoms with van der Waals surface area (Å²) < 4.78 is 9.84. The normalized spacial score (nSPS) is 13.8. The Morgan fingerprint density at radius 1 is 1.24 bits per heavy atom. The highest BCUT2D eigenvalue weighted by atomic mass is 16.6. The Morgan fingerprint density at radius 3 is 2.28 bits per heavy atom. The van der Waals surface area contributed by atoms with Gasteiger partial charge < -0.3 is 19.9 Å². The lowest BCUT2D eigenvalue weighted by atomic mass is 10.0. The lowest BCUT2D eigenvalue weighted by Gasteiger charge is -2.22. The molecule has 0 fully saturated rings. The Bertz CT molecular complexity index is 542. The van der Waals surface area contributed by atoms with E-state index in [9.17, 15) is 14.4 Å². The zero-order chi connectivity index (χ0) is 19.6. The molecule has 0 aromatic carbocycles. The minimum Gasteiger partial charge on any atom is -0.478 e. The van der Waals surface area contributed by atoms with Crippen LogP contribution in [0.15, 0.2) is 23.3 Å². The van der Waals surface area contributed by atoms with Crippen LogP contribution < -0.4 is 5.32 Å². The molecule has 0 aromatic heterocycles. The van der Waals surface area contributed by atoms with Gasteiger partial charge in [0.2, 0.25) is 0 Å². The number of amides is 1. The largest absolute Gasteiger partial charge is 0.478 e. The summed E-state index contributed by atoms with van der Waals surface area (Å²) in [7, 11) is 1.24. The highest BCUT2D eigenvalue weighted by molar-refractivity contribution is 5.90. The van der Waals surface area contributed by atoms with Gasteiger partial charge in [-0.05, 0) is 53.0 Å². The number of allylic oxidation sites excluding steroid dienone is 2. The number of carboxylic acid groups (broad SMARTS) is 1. The van der Waals surface area contributed by atoms with Crippen molar-refractivity contribution in [3.8, 4) is 0 Å². The molecule has 1 atom stereocenters. The number of hydrogen-bond donors (Lipinski definition) is 2. The molecule has 0 aliphatic carbocycles. The summed E-state index contributed by atoms with van der Waals surface area (Å²) in [5.74, 6) is -1.58. The fourth-order valence-electron chi connectivity index (χ4n) is 1.98. The van der Waals surface area contributed by atoms with Gasteiger partial charge in [-0.2, -0.15) is 0 Å². The zero-order valence-electron chi connectivity index (χ0n) is 15.8. The summed E-state index contributed by atoms with van der Waals surface area (Å²) >= 11 is 0. The van der Waals surface area contributed by atoms with Gasteiger partial charge in [0.25, 0.3) is 0 Å². The number of nitrogens with one attached hydrogen (secondary N) is 1. The monoisotopic (exact) mass is 355 g/mol. The molecule has 0 heterocycles. The van der Waals surface area contributed by atoms with Crippen LogP contribution in [-0.4, -0.2) is 41.9 Å². The van der Waals surface area contributed by atoms with Crippen molar-refractivity contribution in [2.75, 3.05) is 7.11 Å². The molecule has 1 amide bonds. The van der Waals surface area contributed by atoms with Crippen LogP contribution in [0.2, 0.25) is 0 Å². The van der Waals surface area contributed by atoms with Crippen molar-refractivity contribution in [1.29, 1.82) is 0 Å². The third kappa shape index (κ3) is 10.2. The van der Waals surface area contributed by atoms with Gasteiger partial charge in [0.05, 0.1) is 12.7 Å². The Labute approximate surface area is 149 Å². The van der Waals surface area contributed by atoms with Gasteiger partial charge >= 0.3 is 18.0 Å². The number of carbonyl (C=O) groups is 3. The molecule has 7 nitrogen and oxygen atoms in total. The van der Waals surface area contributed by atoms with Crippen molar-refractivity contribution >= 4 is 18.0 Å². The van der Waals surface area contributed by atoms with E-state index in [4.69, 9.17) is 14.6 Å². The van der Waals surface area contributed by atoms with E-state index in [2.05, 4.69) is 5.32 Å².